The fourth-order valence-corrected chi connectivity index (χ4v) is 4.59. The first-order chi connectivity index (χ1) is 12.8. The summed E-state index contributed by atoms with van der Waals surface area (Å²) in [6.07, 6.45) is 4.31. The average Bonchev–Trinajstić information content (AvgIpc) is 2.62. The Bertz CT molecular complexity index is 790. The van der Waals surface area contributed by atoms with Crippen LogP contribution < -0.4 is 8.91 Å². The van der Waals surface area contributed by atoms with Crippen LogP contribution in [0.5, 0.6) is 5.75 Å². The van der Waals surface area contributed by atoms with E-state index in [0.717, 1.165) is 57.0 Å². The fraction of sp³-hybridized carbons (Fsp3) is 0.588. The second-order valence-corrected chi connectivity index (χ2v) is 8.50. The first kappa shape index (κ1) is 20.2. The molecule has 2 aliphatic heterocycles. The number of benzene rings is 1. The van der Waals surface area contributed by atoms with Crippen LogP contribution in [-0.2, 0) is 15.0 Å². The van der Waals surface area contributed by atoms with Crippen LogP contribution in [0.2, 0.25) is 5.02 Å². The number of carbonyl (C=O) groups excluding carboxylic acids is 1. The third-order valence-electron chi connectivity index (χ3n) is 4.96. The normalized spacial score (nSPS) is 23.3. The number of hydrogen-bond donors (Lipinski definition) is 1. The molecule has 1 aromatic carbocycles. The van der Waals surface area contributed by atoms with Gasteiger partial charge in [-0.1, -0.05) is 18.0 Å². The Labute approximate surface area is 163 Å². The zero-order valence-corrected chi connectivity index (χ0v) is 16.3. The van der Waals surface area contributed by atoms with Gasteiger partial charge in [0, 0.05) is 18.0 Å². The van der Waals surface area contributed by atoms with Crippen molar-refractivity contribution in [3.63, 3.8) is 0 Å². The van der Waals surface area contributed by atoms with Crippen molar-refractivity contribution in [3.8, 4) is 5.75 Å². The SMILES string of the molecule is O=C(NS(=O)(=O)Oc1ccc(F)c(Cl)c1)OC[C@@H]1CCCN2CCCC[C@H]12. The number of nitrogens with zero attached hydrogens (tertiary/aromatic N) is 1. The summed E-state index contributed by atoms with van der Waals surface area (Å²) in [5.74, 6) is -0.728. The summed E-state index contributed by atoms with van der Waals surface area (Å²) < 4.78 is 48.4. The molecular formula is C17H22ClFN2O5S. The molecule has 150 valence electrons. The van der Waals surface area contributed by atoms with Gasteiger partial charge in [0.05, 0.1) is 11.6 Å². The molecule has 2 aliphatic rings. The van der Waals surface area contributed by atoms with E-state index >= 15 is 0 Å². The Morgan fingerprint density at radius 2 is 2.04 bits per heavy atom. The fourth-order valence-electron chi connectivity index (χ4n) is 3.76. The van der Waals surface area contributed by atoms with Gasteiger partial charge in [-0.25, -0.2) is 9.18 Å². The first-order valence-corrected chi connectivity index (χ1v) is 10.7. The summed E-state index contributed by atoms with van der Waals surface area (Å²) in [4.78, 5) is 14.3. The van der Waals surface area contributed by atoms with E-state index < -0.39 is 22.2 Å². The van der Waals surface area contributed by atoms with Crippen LogP contribution in [0.1, 0.15) is 32.1 Å². The Morgan fingerprint density at radius 3 is 2.81 bits per heavy atom. The number of piperidine rings is 2. The molecule has 2 saturated heterocycles. The molecule has 2 fully saturated rings. The lowest BCUT2D eigenvalue weighted by Gasteiger charge is -2.44. The Kier molecular flexibility index (Phi) is 6.44. The molecule has 0 unspecified atom stereocenters. The van der Waals surface area contributed by atoms with Crippen molar-refractivity contribution >= 4 is 28.0 Å². The van der Waals surface area contributed by atoms with Gasteiger partial charge >= 0.3 is 16.4 Å². The number of ether oxygens (including phenoxy) is 1. The molecule has 7 nitrogen and oxygen atoms in total. The van der Waals surface area contributed by atoms with Crippen molar-refractivity contribution < 1.29 is 26.5 Å². The molecule has 0 aromatic heterocycles. The monoisotopic (exact) mass is 420 g/mol. The maximum absolute atomic E-state index is 13.1. The van der Waals surface area contributed by atoms with Crippen LogP contribution in [0, 0.1) is 11.7 Å². The summed E-state index contributed by atoms with van der Waals surface area (Å²) in [7, 11) is -4.46. The average molecular weight is 421 g/mol. The molecule has 2 heterocycles. The Morgan fingerprint density at radius 1 is 1.26 bits per heavy atom. The van der Waals surface area contributed by atoms with Crippen molar-refractivity contribution in [2.75, 3.05) is 19.7 Å². The number of hydrogen-bond acceptors (Lipinski definition) is 6. The van der Waals surface area contributed by atoms with Crippen molar-refractivity contribution in [2.45, 2.75) is 38.1 Å². The van der Waals surface area contributed by atoms with Crippen LogP contribution in [0.15, 0.2) is 18.2 Å². The molecular weight excluding hydrogens is 399 g/mol. The third-order valence-corrected chi connectivity index (χ3v) is 6.08. The van der Waals surface area contributed by atoms with Gasteiger partial charge < -0.3 is 8.92 Å². The molecule has 10 heteroatoms. The molecule has 0 bridgehead atoms. The molecule has 27 heavy (non-hydrogen) atoms. The van der Waals surface area contributed by atoms with E-state index in [9.17, 15) is 17.6 Å². The summed E-state index contributed by atoms with van der Waals surface area (Å²) in [6, 6.07) is 3.44. The van der Waals surface area contributed by atoms with E-state index in [1.807, 2.05) is 0 Å². The van der Waals surface area contributed by atoms with Gasteiger partial charge in [0.1, 0.15) is 11.6 Å². The molecule has 2 atom stereocenters. The smallest absolute Gasteiger partial charge is 0.423 e. The Hall–Kier alpha value is -1.58. The third kappa shape index (κ3) is 5.46. The van der Waals surface area contributed by atoms with E-state index in [4.69, 9.17) is 16.3 Å². The van der Waals surface area contributed by atoms with Gasteiger partial charge in [0.25, 0.3) is 0 Å². The molecule has 1 aromatic rings. The van der Waals surface area contributed by atoms with Gasteiger partial charge in [-0.3, -0.25) is 4.90 Å². The van der Waals surface area contributed by atoms with Gasteiger partial charge in [-0.2, -0.15) is 13.1 Å². The van der Waals surface area contributed by atoms with Crippen molar-refractivity contribution in [1.82, 2.24) is 9.62 Å². The van der Waals surface area contributed by atoms with E-state index in [1.54, 1.807) is 4.72 Å². The number of fused-ring (bicyclic) bond motifs is 1. The van der Waals surface area contributed by atoms with Crippen LogP contribution in [-0.4, -0.2) is 45.1 Å². The molecule has 1 amide bonds. The highest BCUT2D eigenvalue weighted by Crippen LogP contribution is 2.31. The summed E-state index contributed by atoms with van der Waals surface area (Å²) in [5.41, 5.74) is 0. The highest BCUT2D eigenvalue weighted by atomic mass is 35.5. The minimum Gasteiger partial charge on any atom is -0.448 e. The van der Waals surface area contributed by atoms with Gasteiger partial charge in [-0.05, 0) is 50.9 Å². The van der Waals surface area contributed by atoms with Crippen LogP contribution >= 0.6 is 11.6 Å². The lowest BCUT2D eigenvalue weighted by Crippen LogP contribution is -2.49. The molecule has 3 rings (SSSR count). The highest BCUT2D eigenvalue weighted by molar-refractivity contribution is 7.85. The summed E-state index contributed by atoms with van der Waals surface area (Å²) in [6.45, 7) is 2.29. The van der Waals surface area contributed by atoms with Crippen LogP contribution in [0.4, 0.5) is 9.18 Å². The number of rotatable bonds is 5. The van der Waals surface area contributed by atoms with Crippen molar-refractivity contribution in [3.05, 3.63) is 29.0 Å². The maximum atomic E-state index is 13.1. The first-order valence-electron chi connectivity index (χ1n) is 8.92. The van der Waals surface area contributed by atoms with Gasteiger partial charge in [0.15, 0.2) is 0 Å². The number of carbonyl (C=O) groups is 1. The van der Waals surface area contributed by atoms with Crippen molar-refractivity contribution in [2.24, 2.45) is 5.92 Å². The Balaban J connectivity index is 1.51. The largest absolute Gasteiger partial charge is 0.448 e. The second kappa shape index (κ2) is 8.62. The standard InChI is InChI=1S/C17H22ClFN2O5S/c18-14-10-13(6-7-15(14)19)26-27(23,24)20-17(22)25-11-12-4-3-9-21-8-2-1-5-16(12)21/h6-7,10,12,16H,1-5,8-9,11H2,(H,20,22)/t12-,16+/m0/s1. The van der Waals surface area contributed by atoms with Crippen LogP contribution in [0.3, 0.4) is 0 Å². The summed E-state index contributed by atoms with van der Waals surface area (Å²) in [5, 5.41) is -0.292. The predicted molar refractivity (Wildman–Crippen MR) is 97.4 cm³/mol. The molecule has 0 saturated carbocycles. The zero-order valence-electron chi connectivity index (χ0n) is 14.7. The predicted octanol–water partition coefficient (Wildman–Crippen LogP) is 3.09. The lowest BCUT2D eigenvalue weighted by molar-refractivity contribution is 0.0244. The van der Waals surface area contributed by atoms with Gasteiger partial charge in [0.2, 0.25) is 0 Å². The number of nitrogens with one attached hydrogen (secondary N) is 1. The highest BCUT2D eigenvalue weighted by Gasteiger charge is 2.33. The van der Waals surface area contributed by atoms with E-state index in [0.29, 0.717) is 6.04 Å². The molecule has 0 aliphatic carbocycles. The second-order valence-electron chi connectivity index (χ2n) is 6.82. The molecule has 1 N–H and O–H groups in total. The quantitative estimate of drug-likeness (QED) is 0.787. The zero-order chi connectivity index (χ0) is 19.4. The molecule has 0 spiro atoms. The van der Waals surface area contributed by atoms with Crippen molar-refractivity contribution in [1.29, 1.82) is 0 Å². The minimum atomic E-state index is -4.46. The van der Waals surface area contributed by atoms with E-state index in [2.05, 4.69) is 9.08 Å². The van der Waals surface area contributed by atoms with Crippen LogP contribution in [0.25, 0.3) is 0 Å². The van der Waals surface area contributed by atoms with E-state index in [1.165, 1.54) is 6.42 Å². The molecule has 0 radical (unpaired) electrons. The maximum Gasteiger partial charge on any atom is 0.423 e. The topological polar surface area (TPSA) is 84.9 Å². The minimum absolute atomic E-state index is 0.158. The van der Waals surface area contributed by atoms with E-state index in [-0.39, 0.29) is 23.3 Å². The lowest BCUT2D eigenvalue weighted by atomic mass is 9.84. The number of amides is 1. The summed E-state index contributed by atoms with van der Waals surface area (Å²) >= 11 is 5.57. The number of halogens is 2. The van der Waals surface area contributed by atoms with Gasteiger partial charge in [-0.15, -0.1) is 0 Å².